The number of hydrogen-bond donors (Lipinski definition) is 0. The van der Waals surface area contributed by atoms with E-state index in [1.807, 2.05) is 0 Å². The van der Waals surface area contributed by atoms with E-state index in [9.17, 15) is 0 Å². The molecule has 15 heavy (non-hydrogen) atoms. The van der Waals surface area contributed by atoms with Crippen LogP contribution in [0.1, 0.15) is 59.8 Å². The van der Waals surface area contributed by atoms with Gasteiger partial charge in [-0.3, -0.25) is 0 Å². The van der Waals surface area contributed by atoms with Gasteiger partial charge < -0.3 is 4.90 Å². The van der Waals surface area contributed by atoms with Crippen molar-refractivity contribution in [2.75, 3.05) is 7.05 Å². The van der Waals surface area contributed by atoms with Crippen molar-refractivity contribution in [3.63, 3.8) is 0 Å². The smallest absolute Gasteiger partial charge is 0.0123 e. The molecule has 0 unspecified atom stereocenters. The molecule has 1 fully saturated rings. The van der Waals surface area contributed by atoms with E-state index in [2.05, 4.69) is 39.6 Å². The van der Waals surface area contributed by atoms with E-state index in [0.29, 0.717) is 6.04 Å². The first kappa shape index (κ1) is 13.0. The second kappa shape index (κ2) is 5.89. The predicted octanol–water partition coefficient (Wildman–Crippen LogP) is 3.93. The van der Waals surface area contributed by atoms with Crippen molar-refractivity contribution in [3.05, 3.63) is 0 Å². The van der Waals surface area contributed by atoms with Gasteiger partial charge >= 0.3 is 0 Å². The fourth-order valence-corrected chi connectivity index (χ4v) is 2.37. The van der Waals surface area contributed by atoms with Crippen LogP contribution in [-0.2, 0) is 0 Å². The molecule has 0 spiro atoms. The highest BCUT2D eigenvalue weighted by Crippen LogP contribution is 2.37. The highest BCUT2D eigenvalue weighted by molar-refractivity contribution is 4.88. The van der Waals surface area contributed by atoms with Crippen LogP contribution < -0.4 is 0 Å². The summed E-state index contributed by atoms with van der Waals surface area (Å²) in [5.74, 6) is 1.89. The SMILES string of the molecule is CC(C)CCC[C@H](C1CC1)N(C)C(C)C. The van der Waals surface area contributed by atoms with Crippen molar-refractivity contribution < 1.29 is 0 Å². The van der Waals surface area contributed by atoms with Crippen LogP contribution in [0.3, 0.4) is 0 Å². The van der Waals surface area contributed by atoms with Gasteiger partial charge in [-0.05, 0) is 52.0 Å². The third-order valence-corrected chi connectivity index (χ3v) is 3.79. The summed E-state index contributed by atoms with van der Waals surface area (Å²) in [6, 6.07) is 1.57. The molecular weight excluding hydrogens is 182 g/mol. The monoisotopic (exact) mass is 211 g/mol. The Morgan fingerprint density at radius 3 is 2.07 bits per heavy atom. The highest BCUT2D eigenvalue weighted by atomic mass is 15.2. The Hall–Kier alpha value is -0.0400. The lowest BCUT2D eigenvalue weighted by Crippen LogP contribution is -2.38. The average molecular weight is 211 g/mol. The van der Waals surface area contributed by atoms with Crippen LogP contribution in [0.5, 0.6) is 0 Å². The first-order valence-corrected chi connectivity index (χ1v) is 6.74. The molecule has 0 aromatic carbocycles. The lowest BCUT2D eigenvalue weighted by atomic mass is 9.99. The van der Waals surface area contributed by atoms with Crippen molar-refractivity contribution in [3.8, 4) is 0 Å². The second-order valence-electron chi connectivity index (χ2n) is 5.99. The summed E-state index contributed by atoms with van der Waals surface area (Å²) in [7, 11) is 2.31. The molecule has 1 atom stereocenters. The largest absolute Gasteiger partial charge is 0.301 e. The maximum Gasteiger partial charge on any atom is 0.0123 e. The normalized spacial score (nSPS) is 19.2. The van der Waals surface area contributed by atoms with Gasteiger partial charge in [0, 0.05) is 12.1 Å². The summed E-state index contributed by atoms with van der Waals surface area (Å²) >= 11 is 0. The molecule has 0 amide bonds. The van der Waals surface area contributed by atoms with E-state index in [4.69, 9.17) is 0 Å². The lowest BCUT2D eigenvalue weighted by Gasteiger charge is -2.31. The molecule has 1 heteroatoms. The fraction of sp³-hybridized carbons (Fsp3) is 1.00. The minimum Gasteiger partial charge on any atom is -0.301 e. The van der Waals surface area contributed by atoms with Crippen molar-refractivity contribution in [1.29, 1.82) is 0 Å². The van der Waals surface area contributed by atoms with Crippen LogP contribution in [0.4, 0.5) is 0 Å². The van der Waals surface area contributed by atoms with Crippen molar-refractivity contribution >= 4 is 0 Å². The molecule has 1 saturated carbocycles. The molecule has 1 rings (SSSR count). The Morgan fingerprint density at radius 2 is 1.67 bits per heavy atom. The topological polar surface area (TPSA) is 3.24 Å². The van der Waals surface area contributed by atoms with Crippen LogP contribution in [0, 0.1) is 11.8 Å². The van der Waals surface area contributed by atoms with Gasteiger partial charge in [0.2, 0.25) is 0 Å². The second-order valence-corrected chi connectivity index (χ2v) is 5.99. The summed E-state index contributed by atoms with van der Waals surface area (Å²) < 4.78 is 0. The number of rotatable bonds is 7. The van der Waals surface area contributed by atoms with Gasteiger partial charge in [-0.1, -0.05) is 26.7 Å². The zero-order chi connectivity index (χ0) is 11.4. The van der Waals surface area contributed by atoms with Gasteiger partial charge in [-0.25, -0.2) is 0 Å². The molecule has 0 bridgehead atoms. The molecule has 90 valence electrons. The first-order valence-electron chi connectivity index (χ1n) is 6.74. The molecule has 0 heterocycles. The summed E-state index contributed by atoms with van der Waals surface area (Å²) in [5.41, 5.74) is 0. The first-order chi connectivity index (χ1) is 7.02. The third-order valence-electron chi connectivity index (χ3n) is 3.79. The molecule has 1 aliphatic carbocycles. The molecule has 0 saturated heterocycles. The molecular formula is C14H29N. The number of nitrogens with zero attached hydrogens (tertiary/aromatic N) is 1. The minimum absolute atomic E-state index is 0.703. The highest BCUT2D eigenvalue weighted by Gasteiger charge is 2.33. The Kier molecular flexibility index (Phi) is 5.11. The summed E-state index contributed by atoms with van der Waals surface area (Å²) in [6.45, 7) is 9.30. The van der Waals surface area contributed by atoms with E-state index in [1.165, 1.54) is 32.1 Å². The fourth-order valence-electron chi connectivity index (χ4n) is 2.37. The number of hydrogen-bond acceptors (Lipinski definition) is 1. The van der Waals surface area contributed by atoms with Gasteiger partial charge in [-0.15, -0.1) is 0 Å². The lowest BCUT2D eigenvalue weighted by molar-refractivity contribution is 0.161. The van der Waals surface area contributed by atoms with Crippen molar-refractivity contribution in [1.82, 2.24) is 4.90 Å². The zero-order valence-electron chi connectivity index (χ0n) is 11.3. The van der Waals surface area contributed by atoms with E-state index in [0.717, 1.165) is 17.9 Å². The van der Waals surface area contributed by atoms with Crippen LogP contribution in [0.15, 0.2) is 0 Å². The van der Waals surface area contributed by atoms with Crippen LogP contribution >= 0.6 is 0 Å². The van der Waals surface area contributed by atoms with E-state index in [1.54, 1.807) is 0 Å². The van der Waals surface area contributed by atoms with Gasteiger partial charge in [-0.2, -0.15) is 0 Å². The maximum absolute atomic E-state index is 2.60. The summed E-state index contributed by atoms with van der Waals surface area (Å²) in [4.78, 5) is 2.60. The molecule has 0 aliphatic heterocycles. The summed E-state index contributed by atoms with van der Waals surface area (Å²) in [5, 5.41) is 0. The maximum atomic E-state index is 2.60. The summed E-state index contributed by atoms with van der Waals surface area (Å²) in [6.07, 6.45) is 7.18. The molecule has 1 aliphatic rings. The van der Waals surface area contributed by atoms with Crippen LogP contribution in [0.2, 0.25) is 0 Å². The van der Waals surface area contributed by atoms with Crippen molar-refractivity contribution in [2.45, 2.75) is 71.9 Å². The molecule has 0 radical (unpaired) electrons. The quantitative estimate of drug-likeness (QED) is 0.616. The van der Waals surface area contributed by atoms with E-state index >= 15 is 0 Å². The van der Waals surface area contributed by atoms with Crippen LogP contribution in [0.25, 0.3) is 0 Å². The van der Waals surface area contributed by atoms with Crippen molar-refractivity contribution in [2.24, 2.45) is 11.8 Å². The molecule has 0 N–H and O–H groups in total. The van der Waals surface area contributed by atoms with Gasteiger partial charge in [0.25, 0.3) is 0 Å². The Morgan fingerprint density at radius 1 is 1.07 bits per heavy atom. The predicted molar refractivity (Wildman–Crippen MR) is 68.1 cm³/mol. The molecule has 1 nitrogen and oxygen atoms in total. The van der Waals surface area contributed by atoms with E-state index < -0.39 is 0 Å². The molecule has 0 aromatic heterocycles. The standard InChI is InChI=1S/C14H29N/c1-11(2)7-6-8-14(13-9-10-13)15(5)12(3)4/h11-14H,6-10H2,1-5H3/t14-/m1/s1. The Labute approximate surface area is 96.2 Å². The van der Waals surface area contributed by atoms with Gasteiger partial charge in [0.1, 0.15) is 0 Å². The van der Waals surface area contributed by atoms with Gasteiger partial charge in [0.05, 0.1) is 0 Å². The molecule has 0 aromatic rings. The van der Waals surface area contributed by atoms with Gasteiger partial charge in [0.15, 0.2) is 0 Å². The van der Waals surface area contributed by atoms with Crippen LogP contribution in [-0.4, -0.2) is 24.0 Å². The minimum atomic E-state index is 0.703. The third kappa shape index (κ3) is 4.55. The zero-order valence-corrected chi connectivity index (χ0v) is 11.3. The average Bonchev–Trinajstić information content (AvgIpc) is 2.94. The van der Waals surface area contributed by atoms with E-state index in [-0.39, 0.29) is 0 Å². The Balaban J connectivity index is 2.30. The Bertz CT molecular complexity index is 170.